The Balaban J connectivity index is 1.59. The van der Waals surface area contributed by atoms with Crippen LogP contribution >= 0.6 is 0 Å². The van der Waals surface area contributed by atoms with E-state index in [-0.39, 0.29) is 5.82 Å². The van der Waals surface area contributed by atoms with Crippen molar-refractivity contribution in [3.8, 4) is 34.3 Å². The number of nitrogens with zero attached hydrogens (tertiary/aromatic N) is 5. The minimum absolute atomic E-state index is 0.307. The summed E-state index contributed by atoms with van der Waals surface area (Å²) in [6.45, 7) is 2.48. The maximum atomic E-state index is 15.0. The highest BCUT2D eigenvalue weighted by Gasteiger charge is 2.17. The average molecular weight is 437 g/mol. The Bertz CT molecular complexity index is 1500. The molecule has 0 aliphatic heterocycles. The Morgan fingerprint density at radius 2 is 2.03 bits per heavy atom. The highest BCUT2D eigenvalue weighted by Crippen LogP contribution is 2.32. The van der Waals surface area contributed by atoms with Crippen LogP contribution in [0.5, 0.6) is 0 Å². The van der Waals surface area contributed by atoms with E-state index in [0.29, 0.717) is 34.7 Å². The van der Waals surface area contributed by atoms with Gasteiger partial charge in [-0.15, -0.1) is 0 Å². The zero-order valence-electron chi connectivity index (χ0n) is 18.1. The third kappa shape index (κ3) is 3.64. The Morgan fingerprint density at radius 1 is 1.18 bits per heavy atom. The summed E-state index contributed by atoms with van der Waals surface area (Å²) in [5, 5.41) is 25.1. The third-order valence-corrected chi connectivity index (χ3v) is 5.56. The van der Waals surface area contributed by atoms with E-state index >= 15 is 4.39 Å². The van der Waals surface area contributed by atoms with Gasteiger partial charge in [0.25, 0.3) is 0 Å². The van der Waals surface area contributed by atoms with E-state index < -0.39 is 0 Å². The predicted molar refractivity (Wildman–Crippen MR) is 124 cm³/mol. The van der Waals surface area contributed by atoms with Gasteiger partial charge in [-0.25, -0.2) is 9.07 Å². The molecule has 5 aromatic rings. The number of pyridine rings is 1. The van der Waals surface area contributed by atoms with Crippen LogP contribution < -0.4 is 5.32 Å². The van der Waals surface area contributed by atoms with Gasteiger partial charge in [0.1, 0.15) is 17.6 Å². The largest absolute Gasteiger partial charge is 0.316 e. The molecule has 0 saturated heterocycles. The lowest BCUT2D eigenvalue weighted by molar-refractivity contribution is 0.625. The van der Waals surface area contributed by atoms with E-state index in [9.17, 15) is 5.26 Å². The van der Waals surface area contributed by atoms with Gasteiger partial charge in [-0.1, -0.05) is 18.2 Å². The van der Waals surface area contributed by atoms with Crippen molar-refractivity contribution in [3.63, 3.8) is 0 Å². The smallest absolute Gasteiger partial charge is 0.133 e. The van der Waals surface area contributed by atoms with Gasteiger partial charge < -0.3 is 5.32 Å². The first-order valence-electron chi connectivity index (χ1n) is 10.4. The number of rotatable bonds is 5. The number of H-pyrrole nitrogens is 1. The minimum atomic E-state index is -0.307. The fraction of sp³-hybridized carbons (Fsp3) is 0.120. The molecule has 0 spiro atoms. The highest BCUT2D eigenvalue weighted by atomic mass is 19.1. The lowest BCUT2D eigenvalue weighted by Crippen LogP contribution is -2.06. The number of aromatic amines is 1. The maximum absolute atomic E-state index is 15.0. The quantitative estimate of drug-likeness (QED) is 0.422. The van der Waals surface area contributed by atoms with Crippen LogP contribution in [0.1, 0.15) is 16.7 Å². The van der Waals surface area contributed by atoms with Gasteiger partial charge in [0, 0.05) is 29.3 Å². The van der Waals surface area contributed by atoms with Crippen molar-refractivity contribution >= 4 is 10.9 Å². The predicted octanol–water partition coefficient (Wildman–Crippen LogP) is 4.52. The first kappa shape index (κ1) is 20.5. The van der Waals surface area contributed by atoms with Gasteiger partial charge in [-0.2, -0.15) is 15.5 Å². The van der Waals surface area contributed by atoms with Crippen molar-refractivity contribution < 1.29 is 4.39 Å². The average Bonchev–Trinajstić information content (AvgIpc) is 3.45. The highest BCUT2D eigenvalue weighted by molar-refractivity contribution is 5.94. The molecule has 8 heteroatoms. The van der Waals surface area contributed by atoms with Crippen LogP contribution in [0.25, 0.3) is 39.1 Å². The van der Waals surface area contributed by atoms with Gasteiger partial charge in [-0.3, -0.25) is 10.1 Å². The van der Waals surface area contributed by atoms with Crippen molar-refractivity contribution in [2.24, 2.45) is 0 Å². The van der Waals surface area contributed by atoms with Crippen LogP contribution in [0.15, 0.2) is 61.1 Å². The number of benzene rings is 2. The monoisotopic (exact) mass is 437 g/mol. The molecule has 3 aromatic heterocycles. The molecule has 5 rings (SSSR count). The summed E-state index contributed by atoms with van der Waals surface area (Å²) < 4.78 is 16.7. The van der Waals surface area contributed by atoms with Crippen LogP contribution in [0.2, 0.25) is 0 Å². The molecule has 0 atom stereocenters. The first-order valence-corrected chi connectivity index (χ1v) is 10.4. The topological polar surface area (TPSA) is 95.2 Å². The fourth-order valence-corrected chi connectivity index (χ4v) is 4.06. The lowest BCUT2D eigenvalue weighted by Gasteiger charge is -2.10. The Labute approximate surface area is 189 Å². The van der Waals surface area contributed by atoms with E-state index in [2.05, 4.69) is 31.7 Å². The van der Waals surface area contributed by atoms with E-state index in [4.69, 9.17) is 0 Å². The number of nitrogens with one attached hydrogen (secondary N) is 2. The summed E-state index contributed by atoms with van der Waals surface area (Å²) in [6.07, 6.45) is 5.18. The van der Waals surface area contributed by atoms with Gasteiger partial charge in [-0.05, 0) is 49.4 Å². The summed E-state index contributed by atoms with van der Waals surface area (Å²) in [4.78, 5) is 4.47. The molecule has 0 saturated carbocycles. The molecule has 2 aromatic carbocycles. The summed E-state index contributed by atoms with van der Waals surface area (Å²) in [5.74, 6) is -0.307. The van der Waals surface area contributed by atoms with E-state index in [0.717, 1.165) is 27.6 Å². The van der Waals surface area contributed by atoms with Crippen LogP contribution in [0, 0.1) is 24.1 Å². The Kier molecular flexibility index (Phi) is 5.17. The molecule has 7 nitrogen and oxygen atoms in total. The molecule has 162 valence electrons. The van der Waals surface area contributed by atoms with Crippen molar-refractivity contribution in [1.82, 2.24) is 30.3 Å². The first-order chi connectivity index (χ1) is 16.1. The fourth-order valence-electron chi connectivity index (χ4n) is 4.06. The number of hydrogen-bond donors (Lipinski definition) is 2. The molecule has 0 aliphatic carbocycles. The molecule has 33 heavy (non-hydrogen) atoms. The number of nitriles is 1. The second-order valence-electron chi connectivity index (χ2n) is 7.79. The molecule has 0 unspecified atom stereocenters. The van der Waals surface area contributed by atoms with Crippen molar-refractivity contribution in [2.45, 2.75) is 13.5 Å². The Morgan fingerprint density at radius 3 is 2.82 bits per heavy atom. The van der Waals surface area contributed by atoms with Gasteiger partial charge >= 0.3 is 0 Å². The van der Waals surface area contributed by atoms with Gasteiger partial charge in [0.2, 0.25) is 0 Å². The third-order valence-electron chi connectivity index (χ3n) is 5.56. The molecule has 0 amide bonds. The number of aryl methyl sites for hydroxylation is 1. The van der Waals surface area contributed by atoms with Crippen molar-refractivity contribution in [3.05, 3.63) is 83.6 Å². The summed E-state index contributed by atoms with van der Waals surface area (Å²) in [5.41, 5.74) is 6.12. The summed E-state index contributed by atoms with van der Waals surface area (Å²) >= 11 is 0. The second-order valence-corrected chi connectivity index (χ2v) is 7.79. The number of halogens is 1. The number of hydrogen-bond acceptors (Lipinski definition) is 5. The standard InChI is InChI=1S/C25H20FN7/c1-15-7-16(11-28-2)8-20(26)24(15)21-9-19-22(13-29-21)31-32-25(19)18-12-30-33(14-18)23-6-4-3-5-17(23)10-27/h3-9,12-14,28H,11H2,1-2H3,(H,31,32). The van der Waals surface area contributed by atoms with Gasteiger partial charge in [0.15, 0.2) is 0 Å². The van der Waals surface area contributed by atoms with Crippen molar-refractivity contribution in [2.75, 3.05) is 7.05 Å². The molecule has 0 aliphatic rings. The molecular weight excluding hydrogens is 417 g/mol. The van der Waals surface area contributed by atoms with Gasteiger partial charge in [0.05, 0.1) is 34.9 Å². The normalized spacial score (nSPS) is 11.1. The van der Waals surface area contributed by atoms with Crippen LogP contribution in [0.4, 0.5) is 4.39 Å². The molecule has 2 N–H and O–H groups in total. The van der Waals surface area contributed by atoms with Crippen LogP contribution in [-0.4, -0.2) is 32.0 Å². The van der Waals surface area contributed by atoms with E-state index in [1.54, 1.807) is 23.1 Å². The summed E-state index contributed by atoms with van der Waals surface area (Å²) in [7, 11) is 1.83. The molecule has 3 heterocycles. The van der Waals surface area contributed by atoms with Crippen LogP contribution in [0.3, 0.4) is 0 Å². The lowest BCUT2D eigenvalue weighted by atomic mass is 10.00. The van der Waals surface area contributed by atoms with Crippen molar-refractivity contribution in [1.29, 1.82) is 5.26 Å². The Hall–Kier alpha value is -4.35. The zero-order chi connectivity index (χ0) is 22.9. The maximum Gasteiger partial charge on any atom is 0.133 e. The molecule has 0 bridgehead atoms. The molecule has 0 fully saturated rings. The number of aromatic nitrogens is 5. The van der Waals surface area contributed by atoms with E-state index in [1.807, 2.05) is 50.5 Å². The molecular formula is C25H20FN7. The zero-order valence-corrected chi connectivity index (χ0v) is 18.1. The second kappa shape index (κ2) is 8.30. The number of fused-ring (bicyclic) bond motifs is 1. The molecule has 0 radical (unpaired) electrons. The summed E-state index contributed by atoms with van der Waals surface area (Å²) in [6, 6.07) is 14.8. The number of para-hydroxylation sites is 1. The van der Waals surface area contributed by atoms with E-state index in [1.165, 1.54) is 6.07 Å². The minimum Gasteiger partial charge on any atom is -0.316 e. The van der Waals surface area contributed by atoms with Crippen LogP contribution in [-0.2, 0) is 6.54 Å². The SMILES string of the molecule is CNCc1cc(C)c(-c2cc3c(-c4cnn(-c5ccccc5C#N)c4)n[nH]c3cn2)c(F)c1.